The van der Waals surface area contributed by atoms with E-state index in [1.54, 1.807) is 0 Å². The topological polar surface area (TPSA) is 373 Å². The van der Waals surface area contributed by atoms with E-state index in [9.17, 15) is 75.7 Å². The molecule has 18 atom stereocenters. The van der Waals surface area contributed by atoms with Crippen LogP contribution in [0.5, 0.6) is 0 Å². The molecule has 23 nitrogen and oxygen atoms in total. The molecule has 0 spiro atoms. The van der Waals surface area contributed by atoms with E-state index in [1.807, 2.05) is 0 Å². The van der Waals surface area contributed by atoms with Gasteiger partial charge in [-0.2, -0.15) is 0 Å². The number of aliphatic hydroxyl groups is 11. The molecule has 0 radical (unpaired) electrons. The van der Waals surface area contributed by atoms with E-state index in [0.717, 1.165) is 64.7 Å². The number of rotatable bonds is 74. The molecule has 0 bridgehead atoms. The third-order valence-corrected chi connectivity index (χ3v) is 23.2. The molecule has 14 N–H and O–H groups in total. The number of unbranched alkanes of at least 4 members (excludes halogenated alkanes) is 50. The van der Waals surface area contributed by atoms with Crippen molar-refractivity contribution in [3.05, 3.63) is 24.3 Å². The summed E-state index contributed by atoms with van der Waals surface area (Å²) in [5, 5.41) is 137. The fraction of sp³-hybridized carbons (Fsp3) is 0.921. The Balaban J connectivity index is 1.40. The van der Waals surface area contributed by atoms with Crippen molar-refractivity contribution in [3.63, 3.8) is 0 Å². The summed E-state index contributed by atoms with van der Waals surface area (Å²) in [5.41, 5.74) is 0. The molecule has 3 aliphatic rings. The van der Waals surface area contributed by atoms with Crippen LogP contribution < -0.4 is 10.6 Å². The van der Waals surface area contributed by atoms with Crippen LogP contribution in [0, 0.1) is 0 Å². The summed E-state index contributed by atoms with van der Waals surface area (Å²) in [6.07, 6.45) is 49.1. The molecular formula is C89H166N2O21. The van der Waals surface area contributed by atoms with Crippen LogP contribution in [0.3, 0.4) is 0 Å². The zero-order valence-corrected chi connectivity index (χ0v) is 70.3. The third-order valence-electron chi connectivity index (χ3n) is 23.2. The average Bonchev–Trinajstić information content (AvgIpc) is 0.756. The maximum atomic E-state index is 13.6. The molecule has 658 valence electrons. The number of allylic oxidation sites excluding steroid dienone is 4. The lowest BCUT2D eigenvalue weighted by Crippen LogP contribution is -2.70. The highest BCUT2D eigenvalue weighted by molar-refractivity contribution is 5.77. The Morgan fingerprint density at radius 3 is 1.25 bits per heavy atom. The number of carbonyl (C=O) groups is 3. The van der Waals surface area contributed by atoms with Gasteiger partial charge in [0.15, 0.2) is 12.6 Å². The maximum absolute atomic E-state index is 13.6. The molecule has 2 amide bonds. The second-order valence-electron chi connectivity index (χ2n) is 33.2. The number of nitrogens with one attached hydrogen (secondary N) is 2. The van der Waals surface area contributed by atoms with Crippen LogP contribution in [0.4, 0.5) is 0 Å². The van der Waals surface area contributed by atoms with Gasteiger partial charge in [0.2, 0.25) is 11.8 Å². The Morgan fingerprint density at radius 2 is 0.857 bits per heavy atom. The molecule has 0 aliphatic carbocycles. The molecular weight excluding hydrogens is 1430 g/mol. The third kappa shape index (κ3) is 45.4. The molecule has 23 heteroatoms. The number of carboxylic acid groups (broad SMARTS) is 1. The highest BCUT2D eigenvalue weighted by Crippen LogP contribution is 2.39. The normalized spacial score (nSPS) is 25.4. The first-order valence-corrected chi connectivity index (χ1v) is 45.7. The van der Waals surface area contributed by atoms with E-state index in [-0.39, 0.29) is 18.9 Å². The highest BCUT2D eigenvalue weighted by Gasteiger charge is 2.60. The van der Waals surface area contributed by atoms with Crippen LogP contribution in [0.25, 0.3) is 0 Å². The summed E-state index contributed by atoms with van der Waals surface area (Å²) in [4.78, 5) is 38.8. The van der Waals surface area contributed by atoms with Gasteiger partial charge in [0, 0.05) is 19.8 Å². The minimum absolute atomic E-state index is 0.226. The van der Waals surface area contributed by atoms with Crippen LogP contribution in [0.1, 0.15) is 387 Å². The Kier molecular flexibility index (Phi) is 61.9. The lowest BCUT2D eigenvalue weighted by atomic mass is 9.88. The average molecular weight is 1600 g/mol. The summed E-state index contributed by atoms with van der Waals surface area (Å²) in [6, 6.07) is -2.53. The summed E-state index contributed by atoms with van der Waals surface area (Å²) in [5.74, 6) is -6.09. The van der Waals surface area contributed by atoms with Crippen molar-refractivity contribution in [3.8, 4) is 0 Å². The van der Waals surface area contributed by atoms with Gasteiger partial charge in [0.1, 0.15) is 67.1 Å². The van der Waals surface area contributed by atoms with Crippen molar-refractivity contribution in [2.24, 2.45) is 0 Å². The second kappa shape index (κ2) is 67.0. The first-order chi connectivity index (χ1) is 54.4. The standard InChI is InChI=1S/C89H166N2O21/c1-4-6-8-10-12-14-16-18-20-22-24-25-26-27-28-29-30-31-32-33-34-35-36-37-38-39-40-41-42-43-45-47-49-51-53-55-57-59-61-63-76(99)91-70(71(96)62-60-58-56-54-52-50-48-46-44-23-21-19-17-15-13-11-9-7-5-2)68-107-86-81(103)80(102)83(75(67-94)109-86)110-87-82(104)85(79(101)74(66-93)108-87)112-89(88(105)106)64-72(97)77(90-69(3)95)84(111-89)78(100)73(98)65-92/h30-31,33-34,70-75,77-87,92-94,96-98,100-104H,4-29,32,35-68H2,1-3H3,(H,90,95)(H,91,99)(H,105,106)/b31-30-,34-33-. The van der Waals surface area contributed by atoms with Crippen LogP contribution in [-0.4, -0.2) is 215 Å². The minimum Gasteiger partial charge on any atom is -0.477 e. The minimum atomic E-state index is -3.08. The van der Waals surface area contributed by atoms with Crippen LogP contribution in [-0.2, 0) is 42.8 Å². The fourth-order valence-corrected chi connectivity index (χ4v) is 16.0. The van der Waals surface area contributed by atoms with E-state index in [4.69, 9.17) is 28.4 Å². The molecule has 18 unspecified atom stereocenters. The fourth-order valence-electron chi connectivity index (χ4n) is 16.0. The maximum Gasteiger partial charge on any atom is 0.364 e. The van der Waals surface area contributed by atoms with Gasteiger partial charge in [-0.25, -0.2) is 4.79 Å². The summed E-state index contributed by atoms with van der Waals surface area (Å²) in [7, 11) is 0. The number of carboxylic acids is 1. The molecule has 3 fully saturated rings. The monoisotopic (exact) mass is 1600 g/mol. The van der Waals surface area contributed by atoms with Gasteiger partial charge in [0.05, 0.1) is 50.7 Å². The van der Waals surface area contributed by atoms with Gasteiger partial charge in [-0.05, 0) is 44.9 Å². The molecule has 3 heterocycles. The molecule has 3 rings (SSSR count). The zero-order chi connectivity index (χ0) is 81.7. The first kappa shape index (κ1) is 103. The van der Waals surface area contributed by atoms with E-state index in [2.05, 4.69) is 48.8 Å². The van der Waals surface area contributed by atoms with Crippen molar-refractivity contribution >= 4 is 17.8 Å². The van der Waals surface area contributed by atoms with Gasteiger partial charge in [-0.3, -0.25) is 9.59 Å². The number of aliphatic hydroxyl groups excluding tert-OH is 11. The summed E-state index contributed by atoms with van der Waals surface area (Å²) < 4.78 is 35.0. The first-order valence-electron chi connectivity index (χ1n) is 45.7. The predicted molar refractivity (Wildman–Crippen MR) is 440 cm³/mol. The molecule has 3 aliphatic heterocycles. The molecule has 0 aromatic rings. The number of aliphatic carboxylic acids is 1. The van der Waals surface area contributed by atoms with Crippen molar-refractivity contribution < 1.29 is 104 Å². The lowest BCUT2D eigenvalue weighted by Gasteiger charge is -2.50. The Morgan fingerprint density at radius 1 is 0.464 bits per heavy atom. The molecule has 0 aromatic carbocycles. The SMILES string of the molecule is CCCCCCCCCCCCCCCCC/C=C\C/C=C\CCCCCCCCCCCCCCCCCCCC(=O)NC(COC1OC(CO)C(OC2OC(CO)C(O)C(OC3(C(=O)O)CC(O)C(NC(C)=O)C(C(O)C(O)CO)O3)C2O)C(O)C1O)C(O)CCCCCCCCCCCCCCCCCCCCC. The summed E-state index contributed by atoms with van der Waals surface area (Å²) >= 11 is 0. The van der Waals surface area contributed by atoms with E-state index >= 15 is 0 Å². The molecule has 0 aromatic heterocycles. The van der Waals surface area contributed by atoms with E-state index in [0.29, 0.717) is 19.3 Å². The Labute approximate surface area is 676 Å². The number of amides is 2. The van der Waals surface area contributed by atoms with E-state index in [1.165, 1.54) is 276 Å². The van der Waals surface area contributed by atoms with Crippen molar-refractivity contribution in [2.45, 2.75) is 497 Å². The Bertz CT molecular complexity index is 2310. The van der Waals surface area contributed by atoms with Crippen molar-refractivity contribution in [1.29, 1.82) is 0 Å². The van der Waals surface area contributed by atoms with Crippen LogP contribution in [0.15, 0.2) is 24.3 Å². The van der Waals surface area contributed by atoms with Gasteiger partial charge in [0.25, 0.3) is 5.79 Å². The number of hydrogen-bond acceptors (Lipinski definition) is 20. The zero-order valence-electron chi connectivity index (χ0n) is 70.3. The molecule has 3 saturated heterocycles. The quantitative estimate of drug-likeness (QED) is 0.0199. The van der Waals surface area contributed by atoms with E-state index < -0.39 is 148 Å². The van der Waals surface area contributed by atoms with Crippen LogP contribution >= 0.6 is 0 Å². The second-order valence-corrected chi connectivity index (χ2v) is 33.2. The van der Waals surface area contributed by atoms with Gasteiger partial charge >= 0.3 is 5.97 Å². The summed E-state index contributed by atoms with van der Waals surface area (Å²) in [6.45, 7) is 2.27. The number of carbonyl (C=O) groups excluding carboxylic acids is 2. The smallest absolute Gasteiger partial charge is 0.364 e. The number of hydrogen-bond donors (Lipinski definition) is 14. The van der Waals surface area contributed by atoms with Gasteiger partial charge in [-0.1, -0.05) is 346 Å². The molecule has 112 heavy (non-hydrogen) atoms. The molecule has 0 saturated carbocycles. The van der Waals surface area contributed by atoms with Crippen molar-refractivity contribution in [2.75, 3.05) is 26.4 Å². The highest BCUT2D eigenvalue weighted by atomic mass is 16.8. The van der Waals surface area contributed by atoms with Crippen LogP contribution in [0.2, 0.25) is 0 Å². The lowest BCUT2D eigenvalue weighted by molar-refractivity contribution is -0.386. The number of ether oxygens (including phenoxy) is 6. The van der Waals surface area contributed by atoms with Crippen molar-refractivity contribution in [1.82, 2.24) is 10.6 Å². The van der Waals surface area contributed by atoms with Gasteiger partial charge in [-0.15, -0.1) is 0 Å². The largest absolute Gasteiger partial charge is 0.477 e. The Hall–Kier alpha value is -2.79. The van der Waals surface area contributed by atoms with Gasteiger partial charge < -0.3 is 100 Å². The predicted octanol–water partition coefficient (Wildman–Crippen LogP) is 14.6.